The van der Waals surface area contributed by atoms with E-state index in [0.717, 1.165) is 161 Å². The third kappa shape index (κ3) is 56.6. The minimum absolute atomic E-state index is 0.141. The summed E-state index contributed by atoms with van der Waals surface area (Å²) < 4.78 is 39.6. The smallest absolute Gasteiger partial charge is 0.462 e. The zero-order valence-corrected chi connectivity index (χ0v) is 50.0. The third-order valence-corrected chi connectivity index (χ3v) is 13.3. The van der Waals surface area contributed by atoms with Crippen LogP contribution in [0.25, 0.3) is 0 Å². The van der Waals surface area contributed by atoms with Crippen molar-refractivity contribution in [3.05, 3.63) is 122 Å². The summed E-state index contributed by atoms with van der Waals surface area (Å²) in [4.78, 5) is 48.7. The minimum Gasteiger partial charge on any atom is -0.462 e. The van der Waals surface area contributed by atoms with Crippen molar-refractivity contribution in [1.29, 1.82) is 0 Å². The zero-order valence-electron chi connectivity index (χ0n) is 49.1. The van der Waals surface area contributed by atoms with E-state index in [2.05, 4.69) is 142 Å². The Morgan fingerprint density at radius 2 is 0.667 bits per heavy atom. The molecular weight excluding hydrogens is 1000 g/mol. The fourth-order valence-electron chi connectivity index (χ4n) is 7.78. The quantitative estimate of drug-likeness (QED) is 0.0197. The SMILES string of the molecule is CC/C=C\C/C=C\C/C=C\C/C=C\C/C=C\CCCCCC(=O)OCC(COP(=O)(O)OCC(CO)OC(=O)CCCCCCC/C=C\C/C=C\CCCCC)OC(=O)CCCCCCCCC/C=C\C/C=C\C/C=C\CC. The van der Waals surface area contributed by atoms with Gasteiger partial charge in [0.05, 0.1) is 19.8 Å². The average molecular weight is 1110 g/mol. The normalized spacial score (nSPS) is 14.2. The van der Waals surface area contributed by atoms with E-state index in [1.54, 1.807) is 0 Å². The van der Waals surface area contributed by atoms with Gasteiger partial charge in [0.15, 0.2) is 6.10 Å². The zero-order chi connectivity index (χ0) is 56.9. The Labute approximate surface area is 475 Å². The predicted molar refractivity (Wildman–Crippen MR) is 325 cm³/mol. The monoisotopic (exact) mass is 1110 g/mol. The molecule has 0 fully saturated rings. The maximum absolute atomic E-state index is 12.9. The first-order valence-electron chi connectivity index (χ1n) is 30.4. The molecule has 3 atom stereocenters. The molecule has 0 aliphatic heterocycles. The van der Waals surface area contributed by atoms with Crippen LogP contribution < -0.4 is 0 Å². The van der Waals surface area contributed by atoms with Gasteiger partial charge in [0, 0.05) is 19.3 Å². The van der Waals surface area contributed by atoms with Gasteiger partial charge in [-0.2, -0.15) is 0 Å². The highest BCUT2D eigenvalue weighted by Gasteiger charge is 2.28. The number of aliphatic hydroxyl groups excluding tert-OH is 1. The van der Waals surface area contributed by atoms with Crippen molar-refractivity contribution in [2.24, 2.45) is 0 Å². The van der Waals surface area contributed by atoms with Crippen LogP contribution in [-0.2, 0) is 42.2 Å². The number of phosphoric acid groups is 1. The van der Waals surface area contributed by atoms with Crippen molar-refractivity contribution in [2.45, 2.75) is 251 Å². The van der Waals surface area contributed by atoms with Crippen LogP contribution in [0.4, 0.5) is 0 Å². The first-order chi connectivity index (χ1) is 38.2. The highest BCUT2D eigenvalue weighted by atomic mass is 31.2. The maximum Gasteiger partial charge on any atom is 0.472 e. The number of aliphatic hydroxyl groups is 1. The highest BCUT2D eigenvalue weighted by Crippen LogP contribution is 2.43. The number of hydrogen-bond acceptors (Lipinski definition) is 10. The number of ether oxygens (including phenoxy) is 3. The second kappa shape index (κ2) is 59.0. The number of carbonyl (C=O) groups is 3. The Bertz CT molecular complexity index is 1770. The van der Waals surface area contributed by atoms with E-state index in [1.807, 2.05) is 0 Å². The van der Waals surface area contributed by atoms with Crippen LogP contribution in [-0.4, -0.2) is 66.5 Å². The van der Waals surface area contributed by atoms with Crippen LogP contribution in [0.1, 0.15) is 239 Å². The van der Waals surface area contributed by atoms with E-state index in [9.17, 15) is 28.9 Å². The van der Waals surface area contributed by atoms with Crippen LogP contribution >= 0.6 is 7.82 Å². The van der Waals surface area contributed by atoms with Crippen LogP contribution in [0, 0.1) is 0 Å². The fraction of sp³-hybridized carbons (Fsp3) is 0.652. The lowest BCUT2D eigenvalue weighted by atomic mass is 10.1. The molecule has 0 amide bonds. The summed E-state index contributed by atoms with van der Waals surface area (Å²) in [5.41, 5.74) is 0. The van der Waals surface area contributed by atoms with E-state index in [0.29, 0.717) is 19.3 Å². The summed E-state index contributed by atoms with van der Waals surface area (Å²) in [5, 5.41) is 9.83. The van der Waals surface area contributed by atoms with Gasteiger partial charge >= 0.3 is 25.7 Å². The largest absolute Gasteiger partial charge is 0.472 e. The topological polar surface area (TPSA) is 155 Å². The van der Waals surface area contributed by atoms with Gasteiger partial charge in [0.2, 0.25) is 0 Å². The molecule has 0 aliphatic carbocycles. The molecule has 3 unspecified atom stereocenters. The molecule has 0 aromatic rings. The summed E-state index contributed by atoms with van der Waals surface area (Å²) in [5.74, 6) is -1.54. The number of hydrogen-bond donors (Lipinski definition) is 2. The summed E-state index contributed by atoms with van der Waals surface area (Å²) >= 11 is 0. The lowest BCUT2D eigenvalue weighted by Crippen LogP contribution is -2.30. The Morgan fingerprint density at radius 3 is 1.04 bits per heavy atom. The standard InChI is InChI=1S/C66H109O11P/c1-4-7-10-13-16-19-22-25-28-30-31-33-35-37-40-43-46-49-52-55-64(68)73-59-63(77-66(70)57-54-51-48-45-42-39-36-32-29-26-23-20-17-14-11-8-5-2)61-75-78(71,72)74-60-62(58-67)76-65(69)56-53-50-47-44-41-38-34-27-24-21-18-15-12-9-6-3/h7-8,10-11,16-21,25-29,31,33-34,37,40,62-63,67H,4-6,9,12-15,22-24,30,32,35-36,38-39,41-61H2,1-3H3,(H,71,72)/b10-7-,11-8-,19-16-,20-17-,21-18-,28-25-,29-26-,33-31-,34-27-,40-37-. The highest BCUT2D eigenvalue weighted by molar-refractivity contribution is 7.47. The van der Waals surface area contributed by atoms with E-state index >= 15 is 0 Å². The number of unbranched alkanes of at least 4 members (excludes halogenated alkanes) is 18. The van der Waals surface area contributed by atoms with Gasteiger partial charge in [-0.15, -0.1) is 0 Å². The van der Waals surface area contributed by atoms with Crippen LogP contribution in [0.2, 0.25) is 0 Å². The molecule has 0 aliphatic rings. The molecule has 12 heteroatoms. The Morgan fingerprint density at radius 1 is 0.372 bits per heavy atom. The Balaban J connectivity index is 4.82. The minimum atomic E-state index is -4.77. The van der Waals surface area contributed by atoms with Crippen molar-refractivity contribution < 1.29 is 52.2 Å². The molecule has 11 nitrogen and oxygen atoms in total. The van der Waals surface area contributed by atoms with Crippen molar-refractivity contribution in [3.8, 4) is 0 Å². The number of esters is 3. The number of rotatable bonds is 55. The number of phosphoric ester groups is 1. The third-order valence-electron chi connectivity index (χ3n) is 12.3. The van der Waals surface area contributed by atoms with Gasteiger partial charge in [-0.1, -0.05) is 213 Å². The van der Waals surface area contributed by atoms with Gasteiger partial charge in [0.25, 0.3) is 0 Å². The van der Waals surface area contributed by atoms with E-state index < -0.39 is 57.8 Å². The van der Waals surface area contributed by atoms with Gasteiger partial charge in [-0.3, -0.25) is 23.4 Å². The number of allylic oxidation sites excluding steroid dienone is 20. The molecule has 0 saturated carbocycles. The molecule has 0 saturated heterocycles. The molecule has 0 radical (unpaired) electrons. The summed E-state index contributed by atoms with van der Waals surface area (Å²) in [6.45, 7) is 4.33. The van der Waals surface area contributed by atoms with E-state index in [4.69, 9.17) is 23.3 Å². The fourth-order valence-corrected chi connectivity index (χ4v) is 8.56. The van der Waals surface area contributed by atoms with Gasteiger partial charge < -0.3 is 24.2 Å². The second-order valence-electron chi connectivity index (χ2n) is 19.7. The predicted octanol–water partition coefficient (Wildman–Crippen LogP) is 18.4. The molecule has 0 heterocycles. The Kier molecular flexibility index (Phi) is 55.9. The number of carbonyl (C=O) groups excluding carboxylic acids is 3. The van der Waals surface area contributed by atoms with Crippen molar-refractivity contribution >= 4 is 25.7 Å². The molecule has 444 valence electrons. The molecule has 0 aromatic heterocycles. The molecule has 78 heavy (non-hydrogen) atoms. The van der Waals surface area contributed by atoms with Crippen molar-refractivity contribution in [1.82, 2.24) is 0 Å². The summed E-state index contributed by atoms with van der Waals surface area (Å²) in [6.07, 6.45) is 72.9. The van der Waals surface area contributed by atoms with Crippen molar-refractivity contribution in [3.63, 3.8) is 0 Å². The molecule has 0 spiro atoms. The summed E-state index contributed by atoms with van der Waals surface area (Å²) in [6, 6.07) is 0. The van der Waals surface area contributed by atoms with Gasteiger partial charge in [0.1, 0.15) is 12.7 Å². The molecule has 0 rings (SSSR count). The maximum atomic E-state index is 12.9. The first kappa shape index (κ1) is 73.9. The first-order valence-corrected chi connectivity index (χ1v) is 31.9. The molecular formula is C66H109O11P. The average Bonchev–Trinajstić information content (AvgIpc) is 3.43. The molecule has 0 aromatic carbocycles. The van der Waals surface area contributed by atoms with E-state index in [1.165, 1.54) is 19.3 Å². The van der Waals surface area contributed by atoms with Crippen LogP contribution in [0.3, 0.4) is 0 Å². The van der Waals surface area contributed by atoms with Gasteiger partial charge in [-0.25, -0.2) is 4.57 Å². The van der Waals surface area contributed by atoms with E-state index in [-0.39, 0.29) is 25.9 Å². The van der Waals surface area contributed by atoms with Crippen molar-refractivity contribution in [2.75, 3.05) is 26.4 Å². The van der Waals surface area contributed by atoms with Crippen LogP contribution in [0.5, 0.6) is 0 Å². The second-order valence-corrected chi connectivity index (χ2v) is 21.2. The lowest BCUT2D eigenvalue weighted by molar-refractivity contribution is -0.161. The molecule has 2 N–H and O–H groups in total. The van der Waals surface area contributed by atoms with Gasteiger partial charge in [-0.05, 0) is 128 Å². The summed E-state index contributed by atoms with van der Waals surface area (Å²) in [7, 11) is -4.77. The molecule has 0 bridgehead atoms. The Hall–Kier alpha value is -4.12. The lowest BCUT2D eigenvalue weighted by Gasteiger charge is -2.21. The van der Waals surface area contributed by atoms with Crippen LogP contribution in [0.15, 0.2) is 122 Å².